The maximum atomic E-state index is 14.2. The average molecular weight is 570 g/mol. The van der Waals surface area contributed by atoms with Crippen LogP contribution in [0.2, 0.25) is 10.0 Å². The highest BCUT2D eigenvalue weighted by atomic mass is 79.9. The van der Waals surface area contributed by atoms with E-state index in [0.29, 0.717) is 22.2 Å². The lowest BCUT2D eigenvalue weighted by molar-refractivity contribution is -0.125. The van der Waals surface area contributed by atoms with Crippen LogP contribution in [0.5, 0.6) is 0 Å². The first-order valence-corrected chi connectivity index (χ1v) is 12.5. The summed E-state index contributed by atoms with van der Waals surface area (Å²) in [5, 5.41) is 0.805. The Hall–Kier alpha value is -1.67. The number of ether oxygens (including phenoxy) is 1. The van der Waals surface area contributed by atoms with Crippen LogP contribution >= 0.6 is 51.3 Å². The summed E-state index contributed by atoms with van der Waals surface area (Å²) in [5.74, 6) is -0.523. The summed E-state index contributed by atoms with van der Waals surface area (Å²) in [6.07, 6.45) is 1.33. The van der Waals surface area contributed by atoms with E-state index in [4.69, 9.17) is 40.2 Å². The molecule has 5 nitrogen and oxygen atoms in total. The van der Waals surface area contributed by atoms with Crippen molar-refractivity contribution < 1.29 is 14.3 Å². The fourth-order valence-corrected chi connectivity index (χ4v) is 5.95. The topological polar surface area (TPSA) is 49.9 Å². The van der Waals surface area contributed by atoms with Gasteiger partial charge in [-0.3, -0.25) is 9.69 Å². The summed E-state index contributed by atoms with van der Waals surface area (Å²) in [7, 11) is 0. The fraction of sp³-hybridized carbons (Fsp3) is 0.375. The predicted molar refractivity (Wildman–Crippen MR) is 138 cm³/mol. The van der Waals surface area contributed by atoms with Crippen molar-refractivity contribution in [2.24, 2.45) is 0 Å². The van der Waals surface area contributed by atoms with Crippen molar-refractivity contribution in [3.8, 4) is 0 Å². The van der Waals surface area contributed by atoms with Crippen molar-refractivity contribution in [2.75, 3.05) is 4.90 Å². The molecular weight excluding hydrogens is 547 g/mol. The lowest BCUT2D eigenvalue weighted by atomic mass is 9.80. The van der Waals surface area contributed by atoms with Crippen molar-refractivity contribution in [3.05, 3.63) is 62.5 Å². The molecule has 1 saturated heterocycles. The van der Waals surface area contributed by atoms with Gasteiger partial charge >= 0.3 is 6.09 Å². The van der Waals surface area contributed by atoms with Gasteiger partial charge in [0.25, 0.3) is 5.91 Å². The maximum absolute atomic E-state index is 14.2. The number of benzene rings is 2. The second-order valence-electron chi connectivity index (χ2n) is 9.29. The summed E-state index contributed by atoms with van der Waals surface area (Å²) in [6.45, 7) is 5.36. The zero-order chi connectivity index (χ0) is 24.1. The Balaban J connectivity index is 1.87. The number of thiocarbonyl (C=S) groups is 1. The molecular formula is C24H23BrCl2N2O3S. The van der Waals surface area contributed by atoms with E-state index in [9.17, 15) is 9.59 Å². The van der Waals surface area contributed by atoms with Crippen molar-refractivity contribution in [2.45, 2.75) is 57.1 Å². The number of carbonyl (C=O) groups excluding carboxylic acids is 2. The van der Waals surface area contributed by atoms with Gasteiger partial charge in [0, 0.05) is 20.4 Å². The smallest absolute Gasteiger partial charge is 0.417 e. The number of amides is 2. The van der Waals surface area contributed by atoms with Crippen LogP contribution in [0.1, 0.15) is 51.5 Å². The first kappa shape index (κ1) is 24.5. The van der Waals surface area contributed by atoms with Gasteiger partial charge in [0.05, 0.1) is 5.69 Å². The Morgan fingerprint density at radius 1 is 1.15 bits per heavy atom. The standard InChI is InChI=1S/C24H23BrCl2N2O3S/c1-23(2,3)32-22(31)29-21(33)28(18-12-16(26)11-17(27)13-18)20(30)24(29)10-4-5-19(24)14-6-8-15(25)9-7-14/h6-9,11-13,19H,4-5,10H2,1-3H3/t19-,24+/m0/s1. The molecule has 2 aromatic carbocycles. The quantitative estimate of drug-likeness (QED) is 0.355. The van der Waals surface area contributed by atoms with Crippen molar-refractivity contribution in [3.63, 3.8) is 0 Å². The molecule has 2 aromatic rings. The molecule has 174 valence electrons. The Morgan fingerprint density at radius 2 is 1.76 bits per heavy atom. The summed E-state index contributed by atoms with van der Waals surface area (Å²) in [6, 6.07) is 12.6. The molecule has 0 unspecified atom stereocenters. The van der Waals surface area contributed by atoms with Crippen LogP contribution in [-0.4, -0.2) is 33.2 Å². The molecule has 33 heavy (non-hydrogen) atoms. The fourth-order valence-electron chi connectivity index (χ4n) is 4.74. The lowest BCUT2D eigenvalue weighted by Gasteiger charge is -2.37. The van der Waals surface area contributed by atoms with Crippen LogP contribution in [0.15, 0.2) is 46.9 Å². The Labute approximate surface area is 217 Å². The van der Waals surface area contributed by atoms with Crippen molar-refractivity contribution in [1.82, 2.24) is 4.90 Å². The SMILES string of the molecule is CC(C)(C)OC(=O)N1C(=S)N(c2cc(Cl)cc(Cl)c2)C(=O)[C@]12CCC[C@H]2c1ccc(Br)cc1. The van der Waals surface area contributed by atoms with E-state index in [0.717, 1.165) is 22.9 Å². The number of hydrogen-bond acceptors (Lipinski definition) is 4. The first-order valence-electron chi connectivity index (χ1n) is 10.6. The minimum atomic E-state index is -1.19. The molecule has 1 aliphatic carbocycles. The van der Waals surface area contributed by atoms with Crippen LogP contribution in [0.4, 0.5) is 10.5 Å². The third-order valence-electron chi connectivity index (χ3n) is 5.94. The molecule has 0 bridgehead atoms. The van der Waals surface area contributed by atoms with Crippen LogP contribution in [0.3, 0.4) is 0 Å². The van der Waals surface area contributed by atoms with Crippen LogP contribution in [0.25, 0.3) is 0 Å². The Morgan fingerprint density at radius 3 is 2.33 bits per heavy atom. The zero-order valence-electron chi connectivity index (χ0n) is 18.4. The normalized spacial score (nSPS) is 23.0. The first-order chi connectivity index (χ1) is 15.4. The van der Waals surface area contributed by atoms with E-state index in [2.05, 4.69) is 15.9 Å². The summed E-state index contributed by atoms with van der Waals surface area (Å²) < 4.78 is 6.66. The van der Waals surface area contributed by atoms with Crippen molar-refractivity contribution >= 4 is 74.1 Å². The van der Waals surface area contributed by atoms with Crippen LogP contribution in [0, 0.1) is 0 Å². The van der Waals surface area contributed by atoms with Crippen molar-refractivity contribution in [1.29, 1.82) is 0 Å². The Kier molecular flexibility index (Phi) is 6.55. The number of anilines is 1. The van der Waals surface area contributed by atoms with Gasteiger partial charge < -0.3 is 4.74 Å². The van der Waals surface area contributed by atoms with Gasteiger partial charge in [0.15, 0.2) is 5.11 Å². The molecule has 9 heteroatoms. The molecule has 0 aromatic heterocycles. The van der Waals surface area contributed by atoms with Gasteiger partial charge in [-0.15, -0.1) is 0 Å². The molecule has 1 aliphatic heterocycles. The summed E-state index contributed by atoms with van der Waals surface area (Å²) >= 11 is 21.7. The predicted octanol–water partition coefficient (Wildman–Crippen LogP) is 7.33. The van der Waals surface area contributed by atoms with E-state index >= 15 is 0 Å². The monoisotopic (exact) mass is 568 g/mol. The minimum absolute atomic E-state index is 0.0663. The number of halogens is 3. The van der Waals surface area contributed by atoms with Gasteiger partial charge in [0.2, 0.25) is 0 Å². The van der Waals surface area contributed by atoms with Gasteiger partial charge in [-0.05, 0) is 88.1 Å². The molecule has 4 rings (SSSR count). The summed E-state index contributed by atoms with van der Waals surface area (Å²) in [5.41, 5.74) is -0.557. The number of hydrogen-bond donors (Lipinski definition) is 0. The third-order valence-corrected chi connectivity index (χ3v) is 7.27. The van der Waals surface area contributed by atoms with Gasteiger partial charge in [0.1, 0.15) is 11.1 Å². The van der Waals surface area contributed by atoms with Gasteiger partial charge in [-0.1, -0.05) is 51.3 Å². The van der Waals surface area contributed by atoms with E-state index in [1.165, 1.54) is 9.80 Å². The second kappa shape index (κ2) is 8.84. The van der Waals surface area contributed by atoms with E-state index in [-0.39, 0.29) is 16.9 Å². The number of carbonyl (C=O) groups is 2. The van der Waals surface area contributed by atoms with E-state index in [1.54, 1.807) is 39.0 Å². The second-order valence-corrected chi connectivity index (χ2v) is 11.4. The lowest BCUT2D eigenvalue weighted by Crippen LogP contribution is -2.55. The average Bonchev–Trinajstić information content (AvgIpc) is 3.20. The number of rotatable bonds is 2. The molecule has 2 atom stereocenters. The molecule has 1 saturated carbocycles. The summed E-state index contributed by atoms with van der Waals surface area (Å²) in [4.78, 5) is 30.4. The highest BCUT2D eigenvalue weighted by molar-refractivity contribution is 9.10. The largest absolute Gasteiger partial charge is 0.443 e. The van der Waals surface area contributed by atoms with E-state index < -0.39 is 17.2 Å². The van der Waals surface area contributed by atoms with Gasteiger partial charge in [-0.25, -0.2) is 9.69 Å². The molecule has 1 heterocycles. The van der Waals surface area contributed by atoms with E-state index in [1.807, 2.05) is 24.3 Å². The Bertz CT molecular complexity index is 1120. The van der Waals surface area contributed by atoms with Crippen LogP contribution in [-0.2, 0) is 9.53 Å². The molecule has 2 fully saturated rings. The molecule has 0 radical (unpaired) electrons. The highest BCUT2D eigenvalue weighted by Gasteiger charge is 2.64. The molecule has 2 aliphatic rings. The molecule has 2 amide bonds. The highest BCUT2D eigenvalue weighted by Crippen LogP contribution is 2.52. The van der Waals surface area contributed by atoms with Crippen LogP contribution < -0.4 is 4.90 Å². The zero-order valence-corrected chi connectivity index (χ0v) is 22.3. The minimum Gasteiger partial charge on any atom is -0.443 e. The van der Waals surface area contributed by atoms with Gasteiger partial charge in [-0.2, -0.15) is 0 Å². The number of nitrogens with zero attached hydrogens (tertiary/aromatic N) is 2. The molecule has 1 spiro atoms. The maximum Gasteiger partial charge on any atom is 0.417 e. The molecule has 0 N–H and O–H groups in total. The third kappa shape index (κ3) is 4.41.